The summed E-state index contributed by atoms with van der Waals surface area (Å²) in [5.41, 5.74) is -5.36. The normalized spacial score (nSPS) is 54.3. The van der Waals surface area contributed by atoms with Crippen LogP contribution < -0.4 is 0 Å². The first-order chi connectivity index (χ1) is 13.4. The van der Waals surface area contributed by atoms with E-state index in [1.54, 1.807) is 13.8 Å². The van der Waals surface area contributed by atoms with Gasteiger partial charge in [0.1, 0.15) is 18.4 Å². The van der Waals surface area contributed by atoms with Crippen molar-refractivity contribution < 1.29 is 34.4 Å². The van der Waals surface area contributed by atoms with Gasteiger partial charge in [-0.25, -0.2) is 4.39 Å². The average molecular weight is 410 g/mol. The lowest BCUT2D eigenvalue weighted by molar-refractivity contribution is -0.248. The lowest BCUT2D eigenvalue weighted by Crippen LogP contribution is -2.70. The number of carbonyl (C=O) groups is 2. The van der Waals surface area contributed by atoms with Gasteiger partial charge in [0.2, 0.25) is 0 Å². The van der Waals surface area contributed by atoms with Crippen molar-refractivity contribution in [2.24, 2.45) is 28.6 Å². The number of carbonyl (C=O) groups excluding carboxylic acids is 2. The third-order valence-corrected chi connectivity index (χ3v) is 9.18. The number of hydrogen-bond acceptors (Lipinski definition) is 6. The molecule has 4 N–H and O–H groups in total. The minimum absolute atomic E-state index is 0.0367. The molecule has 0 spiro atoms. The molecule has 0 aromatic heterocycles. The van der Waals surface area contributed by atoms with E-state index in [4.69, 9.17) is 0 Å². The van der Waals surface area contributed by atoms with E-state index < -0.39 is 64.5 Å². The van der Waals surface area contributed by atoms with Crippen molar-refractivity contribution in [1.82, 2.24) is 0 Å². The number of alkyl halides is 1. The second-order valence-corrected chi connectivity index (χ2v) is 10.3. The summed E-state index contributed by atoms with van der Waals surface area (Å²) in [6.45, 7) is 4.22. The Hall–Kier alpha value is -1.15. The predicted molar refractivity (Wildman–Crippen MR) is 101 cm³/mol. The summed E-state index contributed by atoms with van der Waals surface area (Å²) in [6, 6.07) is 0. The molecule has 0 amide bonds. The fourth-order valence-corrected chi connectivity index (χ4v) is 7.73. The van der Waals surface area contributed by atoms with Gasteiger partial charge < -0.3 is 20.4 Å². The molecule has 4 aliphatic rings. The number of fused-ring (bicyclic) bond motifs is 5. The number of aliphatic hydroxyl groups is 4. The van der Waals surface area contributed by atoms with Gasteiger partial charge in [-0.05, 0) is 60.5 Å². The van der Waals surface area contributed by atoms with Crippen molar-refractivity contribution in [3.05, 3.63) is 11.6 Å². The molecule has 0 unspecified atom stereocenters. The summed E-state index contributed by atoms with van der Waals surface area (Å²) in [7, 11) is 0. The van der Waals surface area contributed by atoms with Crippen LogP contribution in [0.25, 0.3) is 0 Å². The van der Waals surface area contributed by atoms with Gasteiger partial charge in [-0.2, -0.15) is 0 Å². The highest BCUT2D eigenvalue weighted by atomic mass is 19.1. The molecule has 0 aromatic carbocycles. The highest BCUT2D eigenvalue weighted by Crippen LogP contribution is 2.70. The van der Waals surface area contributed by atoms with Crippen LogP contribution in [0.4, 0.5) is 4.39 Å². The van der Waals surface area contributed by atoms with Crippen LogP contribution in [-0.4, -0.2) is 62.1 Å². The van der Waals surface area contributed by atoms with E-state index in [1.807, 2.05) is 6.92 Å². The monoisotopic (exact) mass is 410 g/mol. The SMILES string of the molecule is C[C@@H]1C[C@@]2(O)[C@@H]3C[C@H](F)C4=CC(=O)CC[C@]4(C)[C@H]3[C@H](O)C[C@]2(C)[C@]1(O)C(=O)CO. The first-order valence-corrected chi connectivity index (χ1v) is 10.5. The van der Waals surface area contributed by atoms with Gasteiger partial charge in [0.25, 0.3) is 0 Å². The third-order valence-electron chi connectivity index (χ3n) is 9.18. The Bertz CT molecular complexity index is 796. The van der Waals surface area contributed by atoms with E-state index in [2.05, 4.69) is 0 Å². The van der Waals surface area contributed by atoms with Gasteiger partial charge >= 0.3 is 0 Å². The smallest absolute Gasteiger partial charge is 0.190 e. The highest BCUT2D eigenvalue weighted by Gasteiger charge is 2.77. The van der Waals surface area contributed by atoms with E-state index in [0.29, 0.717) is 12.0 Å². The predicted octanol–water partition coefficient (Wildman–Crippen LogP) is 1.09. The summed E-state index contributed by atoms with van der Waals surface area (Å²) >= 11 is 0. The zero-order chi connectivity index (χ0) is 21.6. The van der Waals surface area contributed by atoms with Crippen LogP contribution in [0, 0.1) is 28.6 Å². The maximum Gasteiger partial charge on any atom is 0.190 e. The van der Waals surface area contributed by atoms with Crippen molar-refractivity contribution in [1.29, 1.82) is 0 Å². The van der Waals surface area contributed by atoms with Gasteiger partial charge in [0, 0.05) is 11.8 Å². The van der Waals surface area contributed by atoms with Gasteiger partial charge in [0.15, 0.2) is 11.6 Å². The molecule has 3 saturated carbocycles. The molecule has 6 nitrogen and oxygen atoms in total. The fraction of sp³-hybridized carbons (Fsp3) is 0.818. The standard InChI is InChI=1S/C22H31FO6/c1-11-8-21(28)14-7-15(23)13-6-12(25)4-5-19(13,2)18(14)16(26)9-20(21,3)22(11,29)17(27)10-24/h6,11,14-16,18,24,26,28-29H,4-5,7-10H2,1-3H3/t11-,14-,15+,16-,18-,19+,20+,21-,22-/m1/s1. The molecule has 0 saturated heterocycles. The Kier molecular flexibility index (Phi) is 4.50. The maximum atomic E-state index is 15.3. The van der Waals surface area contributed by atoms with Crippen LogP contribution in [0.2, 0.25) is 0 Å². The number of rotatable bonds is 2. The topological polar surface area (TPSA) is 115 Å². The van der Waals surface area contributed by atoms with E-state index in [0.717, 1.165) is 0 Å². The van der Waals surface area contributed by atoms with Crippen LogP contribution in [0.15, 0.2) is 11.6 Å². The second-order valence-electron chi connectivity index (χ2n) is 10.3. The average Bonchev–Trinajstić information content (AvgIpc) is 2.81. The minimum atomic E-state index is -2.01. The zero-order valence-corrected chi connectivity index (χ0v) is 17.2. The van der Waals surface area contributed by atoms with Crippen LogP contribution in [0.5, 0.6) is 0 Å². The van der Waals surface area contributed by atoms with Crippen molar-refractivity contribution in [3.63, 3.8) is 0 Å². The number of Topliss-reactive ketones (excluding diaryl/α,β-unsaturated/α-hetero) is 1. The highest BCUT2D eigenvalue weighted by molar-refractivity contribution is 5.92. The van der Waals surface area contributed by atoms with E-state index in [-0.39, 0.29) is 31.5 Å². The summed E-state index contributed by atoms with van der Waals surface area (Å²) in [6.07, 6.45) is -0.397. The van der Waals surface area contributed by atoms with Crippen molar-refractivity contribution in [2.45, 2.75) is 76.4 Å². The minimum Gasteiger partial charge on any atom is -0.393 e. The summed E-state index contributed by atoms with van der Waals surface area (Å²) in [5.74, 6) is -2.71. The molecule has 0 aromatic rings. The molecule has 0 bridgehead atoms. The Balaban J connectivity index is 1.86. The largest absolute Gasteiger partial charge is 0.393 e. The zero-order valence-electron chi connectivity index (χ0n) is 17.2. The van der Waals surface area contributed by atoms with Gasteiger partial charge in [0.05, 0.1) is 11.7 Å². The number of halogens is 1. The molecule has 4 rings (SSSR count). The van der Waals surface area contributed by atoms with Crippen molar-refractivity contribution in [3.8, 4) is 0 Å². The first-order valence-electron chi connectivity index (χ1n) is 10.5. The van der Waals surface area contributed by atoms with Crippen molar-refractivity contribution in [2.75, 3.05) is 6.61 Å². The molecule has 7 heteroatoms. The Labute approximate surface area is 169 Å². The van der Waals surface area contributed by atoms with Crippen LogP contribution >= 0.6 is 0 Å². The van der Waals surface area contributed by atoms with Gasteiger partial charge in [-0.3, -0.25) is 9.59 Å². The molecule has 162 valence electrons. The summed E-state index contributed by atoms with van der Waals surface area (Å²) in [5, 5.41) is 44.1. The number of allylic oxidation sites excluding steroid dienone is 1. The Morgan fingerprint density at radius 2 is 1.93 bits per heavy atom. The number of ketones is 2. The Morgan fingerprint density at radius 1 is 1.28 bits per heavy atom. The van der Waals surface area contributed by atoms with E-state index in [1.165, 1.54) is 6.08 Å². The lowest BCUT2D eigenvalue weighted by atomic mass is 9.43. The maximum absolute atomic E-state index is 15.3. The molecule has 0 heterocycles. The third kappa shape index (κ3) is 2.30. The number of aliphatic hydroxyl groups excluding tert-OH is 2. The molecular formula is C22H31FO6. The van der Waals surface area contributed by atoms with Crippen LogP contribution in [0.3, 0.4) is 0 Å². The molecule has 9 atom stereocenters. The van der Waals surface area contributed by atoms with Gasteiger partial charge in [-0.1, -0.05) is 20.8 Å². The summed E-state index contributed by atoms with van der Waals surface area (Å²) in [4.78, 5) is 24.5. The van der Waals surface area contributed by atoms with Crippen LogP contribution in [0.1, 0.15) is 52.9 Å². The van der Waals surface area contributed by atoms with Gasteiger partial charge in [-0.15, -0.1) is 0 Å². The fourth-order valence-electron chi connectivity index (χ4n) is 7.73. The quantitative estimate of drug-likeness (QED) is 0.542. The molecule has 29 heavy (non-hydrogen) atoms. The second kappa shape index (κ2) is 6.19. The van der Waals surface area contributed by atoms with Crippen molar-refractivity contribution >= 4 is 11.6 Å². The lowest BCUT2D eigenvalue weighted by Gasteiger charge is -2.63. The van der Waals surface area contributed by atoms with E-state index in [9.17, 15) is 30.0 Å². The molecule has 3 fully saturated rings. The molecule has 0 radical (unpaired) electrons. The number of hydrogen-bond donors (Lipinski definition) is 4. The van der Waals surface area contributed by atoms with E-state index >= 15 is 4.39 Å². The molecule has 4 aliphatic carbocycles. The summed E-state index contributed by atoms with van der Waals surface area (Å²) < 4.78 is 15.3. The molecular weight excluding hydrogens is 379 g/mol. The van der Waals surface area contributed by atoms with Crippen LogP contribution in [-0.2, 0) is 9.59 Å². The molecule has 0 aliphatic heterocycles. The first kappa shape index (κ1) is 21.1. The Morgan fingerprint density at radius 3 is 2.55 bits per heavy atom.